The van der Waals surface area contributed by atoms with Gasteiger partial charge in [-0.05, 0) is 102 Å². The molecular weight excluding hydrogens is 639 g/mol. The summed E-state index contributed by atoms with van der Waals surface area (Å²) in [6.07, 6.45) is 0. The molecule has 0 saturated heterocycles. The van der Waals surface area contributed by atoms with E-state index in [9.17, 15) is 0 Å². The lowest BCUT2D eigenvalue weighted by Crippen LogP contribution is -2.12. The first-order valence-electron chi connectivity index (χ1n) is 18.3. The Kier molecular flexibility index (Phi) is 7.55. The number of rotatable bonds is 6. The highest BCUT2D eigenvalue weighted by molar-refractivity contribution is 6.09. The topological polar surface area (TPSA) is 3.24 Å². The molecule has 0 N–H and O–H groups in total. The van der Waals surface area contributed by atoms with Crippen molar-refractivity contribution in [2.45, 2.75) is 0 Å². The summed E-state index contributed by atoms with van der Waals surface area (Å²) >= 11 is 0. The first-order chi connectivity index (χ1) is 26.3. The van der Waals surface area contributed by atoms with Crippen LogP contribution in [0.3, 0.4) is 0 Å². The third kappa shape index (κ3) is 5.51. The van der Waals surface area contributed by atoms with Gasteiger partial charge in [-0.1, -0.05) is 176 Å². The van der Waals surface area contributed by atoms with Crippen molar-refractivity contribution in [2.75, 3.05) is 4.90 Å². The van der Waals surface area contributed by atoms with E-state index in [0.29, 0.717) is 0 Å². The van der Waals surface area contributed by atoms with Gasteiger partial charge in [-0.25, -0.2) is 0 Å². The first kappa shape index (κ1) is 30.8. The Morgan fingerprint density at radius 2 is 0.755 bits per heavy atom. The monoisotopic (exact) mass is 673 g/mol. The van der Waals surface area contributed by atoms with Crippen LogP contribution in [0.1, 0.15) is 0 Å². The van der Waals surface area contributed by atoms with E-state index in [0.717, 1.165) is 17.1 Å². The third-order valence-corrected chi connectivity index (χ3v) is 10.6. The average Bonchev–Trinajstić information content (AvgIpc) is 3.24. The van der Waals surface area contributed by atoms with Crippen LogP contribution in [0.15, 0.2) is 212 Å². The predicted octanol–water partition coefficient (Wildman–Crippen LogP) is 14.8. The van der Waals surface area contributed by atoms with Gasteiger partial charge >= 0.3 is 0 Å². The van der Waals surface area contributed by atoms with E-state index >= 15 is 0 Å². The molecule has 10 aromatic carbocycles. The van der Waals surface area contributed by atoms with Crippen LogP contribution < -0.4 is 4.90 Å². The molecule has 0 aliphatic heterocycles. The SMILES string of the molecule is c1ccc(-c2cc(-c3ccc4ccc5ccccc5c4c3)ccc2N(c2ccc(-c3cccc4ccccc34)cc2)c2cccc3ccccc23)cc1. The molecule has 0 unspecified atom stereocenters. The molecule has 0 saturated carbocycles. The van der Waals surface area contributed by atoms with Gasteiger partial charge in [-0.15, -0.1) is 0 Å². The minimum atomic E-state index is 1.10. The van der Waals surface area contributed by atoms with Crippen LogP contribution in [0.4, 0.5) is 17.1 Å². The fraction of sp³-hybridized carbons (Fsp3) is 0. The molecule has 0 amide bonds. The number of nitrogens with zero attached hydrogens (tertiary/aromatic N) is 1. The number of anilines is 3. The number of fused-ring (bicyclic) bond motifs is 5. The lowest BCUT2D eigenvalue weighted by atomic mass is 9.93. The van der Waals surface area contributed by atoms with Gasteiger partial charge < -0.3 is 4.90 Å². The van der Waals surface area contributed by atoms with E-state index in [4.69, 9.17) is 0 Å². The summed E-state index contributed by atoms with van der Waals surface area (Å²) in [5.74, 6) is 0. The Balaban J connectivity index is 1.18. The highest BCUT2D eigenvalue weighted by Crippen LogP contribution is 2.45. The Hall–Kier alpha value is -6.96. The van der Waals surface area contributed by atoms with Gasteiger partial charge in [0.25, 0.3) is 0 Å². The van der Waals surface area contributed by atoms with E-state index in [2.05, 4.69) is 217 Å². The summed E-state index contributed by atoms with van der Waals surface area (Å²) in [7, 11) is 0. The maximum atomic E-state index is 2.44. The fourth-order valence-corrected chi connectivity index (χ4v) is 8.02. The molecule has 0 spiro atoms. The molecule has 53 heavy (non-hydrogen) atoms. The second kappa shape index (κ2) is 13.0. The van der Waals surface area contributed by atoms with Gasteiger partial charge in [-0.2, -0.15) is 0 Å². The molecule has 0 heterocycles. The Bertz CT molecular complexity index is 2930. The van der Waals surface area contributed by atoms with Crippen LogP contribution in [0, 0.1) is 0 Å². The molecule has 0 aliphatic rings. The van der Waals surface area contributed by atoms with Crippen molar-refractivity contribution in [1.29, 1.82) is 0 Å². The smallest absolute Gasteiger partial charge is 0.0540 e. The molecule has 0 aromatic heterocycles. The highest BCUT2D eigenvalue weighted by Gasteiger charge is 2.20. The van der Waals surface area contributed by atoms with E-state index in [1.54, 1.807) is 0 Å². The Morgan fingerprint density at radius 1 is 0.245 bits per heavy atom. The van der Waals surface area contributed by atoms with Crippen molar-refractivity contribution in [3.63, 3.8) is 0 Å². The summed E-state index contributed by atoms with van der Waals surface area (Å²) in [5, 5.41) is 9.99. The standard InChI is InChI=1S/C52H35N/c1-2-12-38(13-3-1)50-35-43(42-27-26-41-25-24-39-16-5-8-20-47(39)49(41)34-42)30-33-52(50)53(51-23-11-18-37-15-6-9-21-48(37)51)44-31-28-40(29-32-44)46-22-10-17-36-14-4-7-19-45(36)46/h1-35H. The van der Waals surface area contributed by atoms with Crippen molar-refractivity contribution in [3.05, 3.63) is 212 Å². The van der Waals surface area contributed by atoms with Crippen molar-refractivity contribution in [2.24, 2.45) is 0 Å². The van der Waals surface area contributed by atoms with E-state index in [1.165, 1.54) is 76.5 Å². The van der Waals surface area contributed by atoms with Gasteiger partial charge in [0.2, 0.25) is 0 Å². The lowest BCUT2D eigenvalue weighted by Gasteiger charge is -2.29. The number of benzene rings is 10. The molecule has 10 aromatic rings. The van der Waals surface area contributed by atoms with E-state index < -0.39 is 0 Å². The minimum Gasteiger partial charge on any atom is -0.309 e. The van der Waals surface area contributed by atoms with Crippen LogP contribution >= 0.6 is 0 Å². The van der Waals surface area contributed by atoms with Crippen molar-refractivity contribution in [1.82, 2.24) is 0 Å². The second-order valence-corrected chi connectivity index (χ2v) is 13.7. The van der Waals surface area contributed by atoms with Gasteiger partial charge in [0.15, 0.2) is 0 Å². The maximum Gasteiger partial charge on any atom is 0.0540 e. The molecule has 1 nitrogen and oxygen atoms in total. The van der Waals surface area contributed by atoms with Gasteiger partial charge in [0.05, 0.1) is 11.4 Å². The normalized spacial score (nSPS) is 11.4. The first-order valence-corrected chi connectivity index (χ1v) is 18.3. The molecule has 10 rings (SSSR count). The Labute approximate surface area is 309 Å². The average molecular weight is 674 g/mol. The second-order valence-electron chi connectivity index (χ2n) is 13.7. The zero-order chi connectivity index (χ0) is 35.1. The number of hydrogen-bond donors (Lipinski definition) is 0. The van der Waals surface area contributed by atoms with E-state index in [-0.39, 0.29) is 0 Å². The van der Waals surface area contributed by atoms with Gasteiger partial charge in [0.1, 0.15) is 0 Å². The quantitative estimate of drug-likeness (QED) is 0.159. The van der Waals surface area contributed by atoms with Crippen LogP contribution in [-0.4, -0.2) is 0 Å². The van der Waals surface area contributed by atoms with Crippen LogP contribution in [0.5, 0.6) is 0 Å². The summed E-state index contributed by atoms with van der Waals surface area (Å²) in [6.45, 7) is 0. The molecule has 248 valence electrons. The summed E-state index contributed by atoms with van der Waals surface area (Å²) < 4.78 is 0. The minimum absolute atomic E-state index is 1.10. The molecule has 0 radical (unpaired) electrons. The summed E-state index contributed by atoms with van der Waals surface area (Å²) in [6, 6.07) is 77.4. The Morgan fingerprint density at radius 3 is 1.53 bits per heavy atom. The van der Waals surface area contributed by atoms with Gasteiger partial charge in [-0.3, -0.25) is 0 Å². The van der Waals surface area contributed by atoms with Crippen LogP contribution in [0.25, 0.3) is 76.5 Å². The molecule has 1 heteroatoms. The van der Waals surface area contributed by atoms with Gasteiger partial charge in [0, 0.05) is 16.6 Å². The van der Waals surface area contributed by atoms with Crippen molar-refractivity contribution < 1.29 is 0 Å². The zero-order valence-electron chi connectivity index (χ0n) is 29.2. The summed E-state index contributed by atoms with van der Waals surface area (Å²) in [4.78, 5) is 2.44. The van der Waals surface area contributed by atoms with Crippen molar-refractivity contribution in [3.8, 4) is 33.4 Å². The highest BCUT2D eigenvalue weighted by atomic mass is 15.1. The van der Waals surface area contributed by atoms with Crippen LogP contribution in [0.2, 0.25) is 0 Å². The third-order valence-electron chi connectivity index (χ3n) is 10.6. The molecule has 0 atom stereocenters. The zero-order valence-corrected chi connectivity index (χ0v) is 29.2. The van der Waals surface area contributed by atoms with E-state index in [1.807, 2.05) is 0 Å². The molecule has 0 aliphatic carbocycles. The molecule has 0 fully saturated rings. The fourth-order valence-electron chi connectivity index (χ4n) is 8.02. The number of hydrogen-bond acceptors (Lipinski definition) is 1. The van der Waals surface area contributed by atoms with Crippen LogP contribution in [-0.2, 0) is 0 Å². The largest absolute Gasteiger partial charge is 0.309 e. The maximum absolute atomic E-state index is 2.44. The molecule has 0 bridgehead atoms. The molecular formula is C52H35N. The predicted molar refractivity (Wildman–Crippen MR) is 227 cm³/mol. The van der Waals surface area contributed by atoms with Crippen molar-refractivity contribution >= 4 is 60.2 Å². The summed E-state index contributed by atoms with van der Waals surface area (Å²) in [5.41, 5.74) is 10.5. The lowest BCUT2D eigenvalue weighted by molar-refractivity contribution is 1.30.